The van der Waals surface area contributed by atoms with Gasteiger partial charge in [-0.05, 0) is 11.6 Å². The number of aromatic nitrogens is 2. The van der Waals surface area contributed by atoms with Crippen LogP contribution in [0.15, 0.2) is 30.5 Å². The molecule has 0 spiro atoms. The fourth-order valence-corrected chi connectivity index (χ4v) is 2.45. The molecule has 2 aromatic rings. The summed E-state index contributed by atoms with van der Waals surface area (Å²) in [5.74, 6) is -0.164. The van der Waals surface area contributed by atoms with Crippen molar-refractivity contribution in [3.8, 4) is 0 Å². The molecule has 1 aromatic carbocycles. The van der Waals surface area contributed by atoms with Crippen LogP contribution in [-0.2, 0) is 6.42 Å². The number of nitrogens with zero attached hydrogens (tertiary/aromatic N) is 2. The van der Waals surface area contributed by atoms with Gasteiger partial charge in [0.2, 0.25) is 0 Å². The molecule has 1 aliphatic rings. The molecule has 2 N–H and O–H groups in total. The third kappa shape index (κ3) is 2.61. The van der Waals surface area contributed by atoms with Crippen LogP contribution in [0.4, 0.5) is 10.1 Å². The summed E-state index contributed by atoms with van der Waals surface area (Å²) in [6.45, 7) is 3.88. The van der Waals surface area contributed by atoms with Crippen molar-refractivity contribution in [1.29, 1.82) is 0 Å². The maximum absolute atomic E-state index is 13.7. The Bertz CT molecular complexity index is 546. The molecule has 1 fully saturated rings. The number of anilines is 1. The quantitative estimate of drug-likeness (QED) is 0.880. The average Bonchev–Trinajstić information content (AvgIpc) is 2.91. The average molecular weight is 260 g/mol. The Kier molecular flexibility index (Phi) is 3.46. The van der Waals surface area contributed by atoms with E-state index in [1.54, 1.807) is 6.07 Å². The Labute approximate surface area is 111 Å². The van der Waals surface area contributed by atoms with Crippen LogP contribution in [-0.4, -0.2) is 36.4 Å². The Morgan fingerprint density at radius 1 is 1.21 bits per heavy atom. The Balaban J connectivity index is 1.82. The molecule has 1 aromatic heterocycles. The third-order valence-corrected chi connectivity index (χ3v) is 3.48. The highest BCUT2D eigenvalue weighted by Gasteiger charge is 2.16. The summed E-state index contributed by atoms with van der Waals surface area (Å²) in [4.78, 5) is 2.29. The van der Waals surface area contributed by atoms with Crippen LogP contribution in [0.5, 0.6) is 0 Å². The summed E-state index contributed by atoms with van der Waals surface area (Å²) in [5.41, 5.74) is 2.76. The van der Waals surface area contributed by atoms with Crippen molar-refractivity contribution in [1.82, 2.24) is 15.5 Å². The standard InChI is InChI=1S/C14H17FN4/c15-12-4-2-1-3-11(12)9-13-14(10-17-18-13)19-7-5-16-6-8-19/h1-4,10,16H,5-9H2,(H,17,18). The summed E-state index contributed by atoms with van der Waals surface area (Å²) >= 11 is 0. The molecule has 3 rings (SSSR count). The molecular formula is C14H17FN4. The number of aromatic amines is 1. The van der Waals surface area contributed by atoms with Crippen molar-refractivity contribution in [2.24, 2.45) is 0 Å². The first-order chi connectivity index (χ1) is 9.34. The predicted octanol–water partition coefficient (Wildman–Crippen LogP) is 1.55. The van der Waals surface area contributed by atoms with E-state index in [2.05, 4.69) is 20.4 Å². The van der Waals surface area contributed by atoms with Crippen LogP contribution < -0.4 is 10.2 Å². The maximum Gasteiger partial charge on any atom is 0.126 e. The van der Waals surface area contributed by atoms with Crippen LogP contribution in [0.25, 0.3) is 0 Å². The van der Waals surface area contributed by atoms with Crippen molar-refractivity contribution >= 4 is 5.69 Å². The summed E-state index contributed by atoms with van der Waals surface area (Å²) in [6, 6.07) is 6.89. The van der Waals surface area contributed by atoms with Gasteiger partial charge in [-0.1, -0.05) is 18.2 Å². The van der Waals surface area contributed by atoms with Crippen molar-refractivity contribution in [3.63, 3.8) is 0 Å². The maximum atomic E-state index is 13.7. The van der Waals surface area contributed by atoms with E-state index in [4.69, 9.17) is 0 Å². The first-order valence-corrected chi connectivity index (χ1v) is 6.56. The van der Waals surface area contributed by atoms with Gasteiger partial charge in [-0.25, -0.2) is 4.39 Å². The largest absolute Gasteiger partial charge is 0.366 e. The number of halogens is 1. The normalized spacial score (nSPS) is 15.7. The van der Waals surface area contributed by atoms with E-state index in [0.717, 1.165) is 37.6 Å². The molecule has 100 valence electrons. The number of rotatable bonds is 3. The molecule has 5 heteroatoms. The summed E-state index contributed by atoms with van der Waals surface area (Å²) in [7, 11) is 0. The minimum Gasteiger partial charge on any atom is -0.366 e. The molecule has 1 saturated heterocycles. The van der Waals surface area contributed by atoms with Gasteiger partial charge in [-0.15, -0.1) is 0 Å². The number of nitrogens with one attached hydrogen (secondary N) is 2. The lowest BCUT2D eigenvalue weighted by atomic mass is 10.1. The lowest BCUT2D eigenvalue weighted by Gasteiger charge is -2.29. The number of H-pyrrole nitrogens is 1. The molecule has 2 heterocycles. The molecule has 0 saturated carbocycles. The van der Waals surface area contributed by atoms with Crippen molar-refractivity contribution < 1.29 is 4.39 Å². The minimum atomic E-state index is -0.164. The third-order valence-electron chi connectivity index (χ3n) is 3.48. The van der Waals surface area contributed by atoms with Crippen molar-refractivity contribution in [2.75, 3.05) is 31.1 Å². The van der Waals surface area contributed by atoms with E-state index in [0.29, 0.717) is 12.0 Å². The van der Waals surface area contributed by atoms with Gasteiger partial charge >= 0.3 is 0 Å². The van der Waals surface area contributed by atoms with Crippen molar-refractivity contribution in [2.45, 2.75) is 6.42 Å². The van der Waals surface area contributed by atoms with Crippen LogP contribution in [0.1, 0.15) is 11.3 Å². The number of hydrogen-bond acceptors (Lipinski definition) is 3. The predicted molar refractivity (Wildman–Crippen MR) is 72.9 cm³/mol. The van der Waals surface area contributed by atoms with E-state index in [1.807, 2.05) is 18.3 Å². The molecule has 0 aliphatic carbocycles. The van der Waals surface area contributed by atoms with Crippen LogP contribution in [0.3, 0.4) is 0 Å². The fraction of sp³-hybridized carbons (Fsp3) is 0.357. The van der Waals surface area contributed by atoms with Gasteiger partial charge in [0.25, 0.3) is 0 Å². The first-order valence-electron chi connectivity index (χ1n) is 6.56. The zero-order valence-electron chi connectivity index (χ0n) is 10.7. The Hall–Kier alpha value is -1.88. The van der Waals surface area contributed by atoms with E-state index < -0.39 is 0 Å². The molecule has 4 nitrogen and oxygen atoms in total. The Morgan fingerprint density at radius 3 is 2.79 bits per heavy atom. The molecule has 0 atom stereocenters. The van der Waals surface area contributed by atoms with Gasteiger partial charge in [0.15, 0.2) is 0 Å². The van der Waals surface area contributed by atoms with Crippen molar-refractivity contribution in [3.05, 3.63) is 47.5 Å². The van der Waals surface area contributed by atoms with Gasteiger partial charge in [-0.2, -0.15) is 5.10 Å². The summed E-state index contributed by atoms with van der Waals surface area (Å²) in [6.07, 6.45) is 2.38. The second-order valence-corrected chi connectivity index (χ2v) is 4.74. The van der Waals surface area contributed by atoms with Crippen LogP contribution >= 0.6 is 0 Å². The monoisotopic (exact) mass is 260 g/mol. The van der Waals surface area contributed by atoms with E-state index in [9.17, 15) is 4.39 Å². The smallest absolute Gasteiger partial charge is 0.126 e. The zero-order chi connectivity index (χ0) is 13.1. The topological polar surface area (TPSA) is 44.0 Å². The summed E-state index contributed by atoms with van der Waals surface area (Å²) < 4.78 is 13.7. The van der Waals surface area contributed by atoms with Gasteiger partial charge < -0.3 is 10.2 Å². The fourth-order valence-electron chi connectivity index (χ4n) is 2.45. The molecule has 0 bridgehead atoms. The molecule has 0 unspecified atom stereocenters. The minimum absolute atomic E-state index is 0.164. The van der Waals surface area contributed by atoms with E-state index in [1.165, 1.54) is 6.07 Å². The van der Waals surface area contributed by atoms with E-state index >= 15 is 0 Å². The molecule has 19 heavy (non-hydrogen) atoms. The van der Waals surface area contributed by atoms with Gasteiger partial charge in [-0.3, -0.25) is 5.10 Å². The first kappa shape index (κ1) is 12.2. The molecule has 0 amide bonds. The Morgan fingerprint density at radius 2 is 2.00 bits per heavy atom. The highest BCUT2D eigenvalue weighted by molar-refractivity contribution is 5.51. The molecule has 0 radical (unpaired) electrons. The highest BCUT2D eigenvalue weighted by Crippen LogP contribution is 2.22. The number of hydrogen-bond donors (Lipinski definition) is 2. The second-order valence-electron chi connectivity index (χ2n) is 4.74. The van der Waals surface area contributed by atoms with Gasteiger partial charge in [0, 0.05) is 32.6 Å². The summed E-state index contributed by atoms with van der Waals surface area (Å²) in [5, 5.41) is 10.4. The lowest BCUT2D eigenvalue weighted by molar-refractivity contribution is 0.587. The van der Waals surface area contributed by atoms with Crippen LogP contribution in [0.2, 0.25) is 0 Å². The molecular weight excluding hydrogens is 243 g/mol. The highest BCUT2D eigenvalue weighted by atomic mass is 19.1. The second kappa shape index (κ2) is 5.40. The van der Waals surface area contributed by atoms with Gasteiger partial charge in [0.05, 0.1) is 17.6 Å². The molecule has 1 aliphatic heterocycles. The van der Waals surface area contributed by atoms with Crippen LogP contribution in [0, 0.1) is 5.82 Å². The lowest BCUT2D eigenvalue weighted by Crippen LogP contribution is -2.43. The van der Waals surface area contributed by atoms with E-state index in [-0.39, 0.29) is 5.82 Å². The zero-order valence-corrected chi connectivity index (χ0v) is 10.7. The SMILES string of the molecule is Fc1ccccc1Cc1[nH]ncc1N1CCNCC1. The number of piperazine rings is 1. The number of benzene rings is 1. The van der Waals surface area contributed by atoms with Gasteiger partial charge in [0.1, 0.15) is 5.82 Å².